The van der Waals surface area contributed by atoms with E-state index in [-0.39, 0.29) is 5.91 Å². The van der Waals surface area contributed by atoms with Gasteiger partial charge in [-0.15, -0.1) is 0 Å². The molecule has 1 fully saturated rings. The van der Waals surface area contributed by atoms with E-state index in [0.29, 0.717) is 12.6 Å². The van der Waals surface area contributed by atoms with Crippen LogP contribution < -0.4 is 10.6 Å². The molecule has 4 heteroatoms. The van der Waals surface area contributed by atoms with Gasteiger partial charge in [0, 0.05) is 25.7 Å². The lowest BCUT2D eigenvalue weighted by molar-refractivity contribution is -0.122. The van der Waals surface area contributed by atoms with Crippen LogP contribution in [0.4, 0.5) is 0 Å². The largest absolute Gasteiger partial charge is 0.355 e. The Bertz CT molecular complexity index is 335. The van der Waals surface area contributed by atoms with Gasteiger partial charge in [-0.2, -0.15) is 0 Å². The second kappa shape index (κ2) is 9.21. The summed E-state index contributed by atoms with van der Waals surface area (Å²) in [6, 6.07) is 0.644. The molecule has 0 saturated carbocycles. The second-order valence-corrected chi connectivity index (χ2v) is 6.46. The zero-order valence-corrected chi connectivity index (χ0v) is 13.4. The normalized spacial score (nSPS) is 24.1. The molecule has 2 N–H and O–H groups in total. The zero-order valence-electron chi connectivity index (χ0n) is 13.4. The molecule has 1 aliphatic carbocycles. The van der Waals surface area contributed by atoms with Gasteiger partial charge in [-0.05, 0) is 51.0 Å². The Morgan fingerprint density at radius 3 is 2.71 bits per heavy atom. The number of rotatable bonds is 7. The van der Waals surface area contributed by atoms with Gasteiger partial charge in [0.15, 0.2) is 0 Å². The molecule has 1 saturated heterocycles. The predicted octanol–water partition coefficient (Wildman–Crippen LogP) is 1.92. The van der Waals surface area contributed by atoms with Crippen molar-refractivity contribution in [2.45, 2.75) is 51.5 Å². The number of amides is 1. The van der Waals surface area contributed by atoms with Gasteiger partial charge in [0.2, 0.25) is 5.91 Å². The molecule has 1 atom stereocenters. The van der Waals surface area contributed by atoms with Crippen molar-refractivity contribution in [3.63, 3.8) is 0 Å². The highest BCUT2D eigenvalue weighted by Gasteiger charge is 2.21. The average molecular weight is 293 g/mol. The number of hydrogen-bond acceptors (Lipinski definition) is 3. The molecule has 0 aromatic carbocycles. The van der Waals surface area contributed by atoms with E-state index in [2.05, 4.69) is 34.6 Å². The molecule has 0 aromatic rings. The molecular formula is C17H31N3O. The van der Waals surface area contributed by atoms with Crippen molar-refractivity contribution < 1.29 is 4.79 Å². The van der Waals surface area contributed by atoms with Crippen LogP contribution in [0.15, 0.2) is 12.2 Å². The standard InChI is InChI=1S/C17H31N3O/c1-2-10-18-17(21)14-20-11-8-16(9-12-20)19-13-15-6-4-3-5-7-15/h3-4,15-16,19H,2,5-14H2,1H3,(H,18,21). The number of nitrogens with zero attached hydrogens (tertiary/aromatic N) is 1. The minimum Gasteiger partial charge on any atom is -0.355 e. The molecule has 1 heterocycles. The maximum Gasteiger partial charge on any atom is 0.234 e. The fourth-order valence-electron chi connectivity index (χ4n) is 3.19. The van der Waals surface area contributed by atoms with Crippen LogP contribution in [0.2, 0.25) is 0 Å². The van der Waals surface area contributed by atoms with E-state index in [0.717, 1.165) is 38.5 Å². The summed E-state index contributed by atoms with van der Waals surface area (Å²) in [5.74, 6) is 1.00. The Morgan fingerprint density at radius 2 is 2.05 bits per heavy atom. The molecule has 2 rings (SSSR count). The maximum absolute atomic E-state index is 11.7. The second-order valence-electron chi connectivity index (χ2n) is 6.46. The van der Waals surface area contributed by atoms with E-state index < -0.39 is 0 Å². The van der Waals surface area contributed by atoms with E-state index in [1.807, 2.05) is 0 Å². The van der Waals surface area contributed by atoms with E-state index in [9.17, 15) is 4.79 Å². The van der Waals surface area contributed by atoms with Crippen molar-refractivity contribution in [2.75, 3.05) is 32.7 Å². The van der Waals surface area contributed by atoms with Gasteiger partial charge in [-0.3, -0.25) is 9.69 Å². The van der Waals surface area contributed by atoms with Gasteiger partial charge in [-0.25, -0.2) is 0 Å². The molecule has 2 aliphatic rings. The van der Waals surface area contributed by atoms with Gasteiger partial charge in [0.25, 0.3) is 0 Å². The molecule has 0 spiro atoms. The molecule has 1 unspecified atom stereocenters. The van der Waals surface area contributed by atoms with Crippen LogP contribution in [0.1, 0.15) is 45.4 Å². The van der Waals surface area contributed by atoms with Crippen molar-refractivity contribution in [2.24, 2.45) is 5.92 Å². The Morgan fingerprint density at radius 1 is 1.24 bits per heavy atom. The Labute approximate surface area is 129 Å². The SMILES string of the molecule is CCCNC(=O)CN1CCC(NCC2CC=CCC2)CC1. The highest BCUT2D eigenvalue weighted by Crippen LogP contribution is 2.18. The van der Waals surface area contributed by atoms with Crippen molar-refractivity contribution in [3.05, 3.63) is 12.2 Å². The first-order chi connectivity index (χ1) is 10.3. The Balaban J connectivity index is 1.57. The third kappa shape index (κ3) is 6.18. The number of nitrogens with one attached hydrogen (secondary N) is 2. The maximum atomic E-state index is 11.7. The van der Waals surface area contributed by atoms with Gasteiger partial charge in [0.1, 0.15) is 0 Å². The van der Waals surface area contributed by atoms with Crippen LogP contribution in [-0.4, -0.2) is 49.6 Å². The van der Waals surface area contributed by atoms with E-state index >= 15 is 0 Å². The molecular weight excluding hydrogens is 262 g/mol. The Hall–Kier alpha value is -0.870. The van der Waals surface area contributed by atoms with Gasteiger partial charge >= 0.3 is 0 Å². The summed E-state index contributed by atoms with van der Waals surface area (Å²) in [6.07, 6.45) is 11.8. The minimum absolute atomic E-state index is 0.178. The fraction of sp³-hybridized carbons (Fsp3) is 0.824. The van der Waals surface area contributed by atoms with Crippen molar-refractivity contribution in [3.8, 4) is 0 Å². The van der Waals surface area contributed by atoms with Gasteiger partial charge in [-0.1, -0.05) is 19.1 Å². The highest BCUT2D eigenvalue weighted by atomic mass is 16.2. The number of carbonyl (C=O) groups excluding carboxylic acids is 1. The van der Waals surface area contributed by atoms with Crippen LogP contribution in [0, 0.1) is 5.92 Å². The number of hydrogen-bond donors (Lipinski definition) is 2. The first kappa shape index (κ1) is 16.5. The molecule has 4 nitrogen and oxygen atoms in total. The lowest BCUT2D eigenvalue weighted by atomic mass is 9.93. The van der Waals surface area contributed by atoms with Crippen LogP contribution in [0.25, 0.3) is 0 Å². The molecule has 0 aromatic heterocycles. The first-order valence-electron chi connectivity index (χ1n) is 8.65. The van der Waals surface area contributed by atoms with Crippen LogP contribution in [0.3, 0.4) is 0 Å². The average Bonchev–Trinajstić information content (AvgIpc) is 2.53. The lowest BCUT2D eigenvalue weighted by Gasteiger charge is -2.33. The number of carbonyl (C=O) groups is 1. The van der Waals surface area contributed by atoms with Crippen LogP contribution >= 0.6 is 0 Å². The van der Waals surface area contributed by atoms with Crippen LogP contribution in [0.5, 0.6) is 0 Å². The highest BCUT2D eigenvalue weighted by molar-refractivity contribution is 5.77. The number of likely N-dealkylation sites (tertiary alicyclic amines) is 1. The summed E-state index contributed by atoms with van der Waals surface area (Å²) in [5.41, 5.74) is 0. The van der Waals surface area contributed by atoms with Gasteiger partial charge < -0.3 is 10.6 Å². The third-order valence-electron chi connectivity index (χ3n) is 4.60. The monoisotopic (exact) mass is 293 g/mol. The zero-order chi connectivity index (χ0) is 14.9. The summed E-state index contributed by atoms with van der Waals surface area (Å²) in [4.78, 5) is 14.0. The smallest absolute Gasteiger partial charge is 0.234 e. The molecule has 1 amide bonds. The summed E-state index contributed by atoms with van der Waals surface area (Å²) < 4.78 is 0. The van der Waals surface area contributed by atoms with Crippen LogP contribution in [-0.2, 0) is 4.79 Å². The van der Waals surface area contributed by atoms with E-state index in [1.165, 1.54) is 32.1 Å². The molecule has 1 aliphatic heterocycles. The summed E-state index contributed by atoms with van der Waals surface area (Å²) in [6.45, 7) is 6.70. The molecule has 21 heavy (non-hydrogen) atoms. The summed E-state index contributed by atoms with van der Waals surface area (Å²) in [7, 11) is 0. The number of piperidine rings is 1. The summed E-state index contributed by atoms with van der Waals surface area (Å²) in [5, 5.41) is 6.69. The fourth-order valence-corrected chi connectivity index (χ4v) is 3.19. The van der Waals surface area contributed by atoms with Crippen molar-refractivity contribution >= 4 is 5.91 Å². The molecule has 120 valence electrons. The summed E-state index contributed by atoms with van der Waals surface area (Å²) >= 11 is 0. The topological polar surface area (TPSA) is 44.4 Å². The Kier molecular flexibility index (Phi) is 7.24. The minimum atomic E-state index is 0.178. The predicted molar refractivity (Wildman–Crippen MR) is 87.2 cm³/mol. The quantitative estimate of drug-likeness (QED) is 0.705. The van der Waals surface area contributed by atoms with Crippen molar-refractivity contribution in [1.82, 2.24) is 15.5 Å². The van der Waals surface area contributed by atoms with Gasteiger partial charge in [0.05, 0.1) is 6.54 Å². The third-order valence-corrected chi connectivity index (χ3v) is 4.60. The molecule has 0 bridgehead atoms. The van der Waals surface area contributed by atoms with Crippen molar-refractivity contribution in [1.29, 1.82) is 0 Å². The lowest BCUT2D eigenvalue weighted by Crippen LogP contribution is -2.47. The molecule has 0 radical (unpaired) electrons. The first-order valence-corrected chi connectivity index (χ1v) is 8.65. The van der Waals surface area contributed by atoms with E-state index in [4.69, 9.17) is 0 Å². The number of allylic oxidation sites excluding steroid dienone is 2. The van der Waals surface area contributed by atoms with E-state index in [1.54, 1.807) is 0 Å².